The third kappa shape index (κ3) is 7.39. The van der Waals surface area contributed by atoms with Crippen molar-refractivity contribution in [1.82, 2.24) is 14.5 Å². The molecule has 0 radical (unpaired) electrons. The van der Waals surface area contributed by atoms with Crippen molar-refractivity contribution in [3.63, 3.8) is 0 Å². The molecule has 0 aliphatic carbocycles. The van der Waals surface area contributed by atoms with Gasteiger partial charge in [-0.3, -0.25) is 14.2 Å². The number of carbonyl (C=O) groups is 1. The maximum absolute atomic E-state index is 14.8. The average Bonchev–Trinajstić information content (AvgIpc) is 3.61. The third-order valence-electron chi connectivity index (χ3n) is 9.07. The van der Waals surface area contributed by atoms with Crippen molar-refractivity contribution in [3.05, 3.63) is 127 Å². The number of hydrogen-bond acceptors (Lipinski definition) is 5. The lowest BCUT2D eigenvalue weighted by molar-refractivity contribution is -0.137. The molecule has 1 saturated heterocycles. The summed E-state index contributed by atoms with van der Waals surface area (Å²) < 4.78 is 43.2. The fourth-order valence-electron chi connectivity index (χ4n) is 6.56. The van der Waals surface area contributed by atoms with E-state index in [4.69, 9.17) is 16.6 Å². The Balaban J connectivity index is 1.50. The van der Waals surface area contributed by atoms with Gasteiger partial charge in [-0.2, -0.15) is 13.2 Å². The highest BCUT2D eigenvalue weighted by Gasteiger charge is 2.36. The highest BCUT2D eigenvalue weighted by atomic mass is 35.5. The second-order valence-electron chi connectivity index (χ2n) is 12.7. The molecule has 1 amide bonds. The molecule has 0 spiro atoms. The van der Waals surface area contributed by atoms with Crippen LogP contribution in [-0.2, 0) is 19.0 Å². The van der Waals surface area contributed by atoms with Crippen LogP contribution >= 0.6 is 22.9 Å². The number of thiazole rings is 1. The minimum Gasteiger partial charge on any atom is -0.367 e. The molecule has 0 atom stereocenters. The maximum Gasteiger partial charge on any atom is 0.418 e. The van der Waals surface area contributed by atoms with E-state index in [9.17, 15) is 22.8 Å². The predicted molar refractivity (Wildman–Crippen MR) is 201 cm³/mol. The zero-order valence-electron chi connectivity index (χ0n) is 28.9. The maximum atomic E-state index is 14.8. The van der Waals surface area contributed by atoms with E-state index in [1.54, 1.807) is 38.6 Å². The number of alkyl halides is 3. The Bertz CT molecular complexity index is 2140. The lowest BCUT2D eigenvalue weighted by atomic mass is 9.99. The normalized spacial score (nSPS) is 13.4. The summed E-state index contributed by atoms with van der Waals surface area (Å²) in [5.74, 6) is -0.303. The van der Waals surface area contributed by atoms with Crippen molar-refractivity contribution in [2.75, 3.05) is 31.1 Å². The molecule has 3 heterocycles. The van der Waals surface area contributed by atoms with Crippen LogP contribution in [0.25, 0.3) is 33.6 Å². The predicted octanol–water partition coefficient (Wildman–Crippen LogP) is 9.81. The van der Waals surface area contributed by atoms with Crippen molar-refractivity contribution in [2.45, 2.75) is 46.7 Å². The van der Waals surface area contributed by atoms with E-state index < -0.39 is 11.7 Å². The number of benzene rings is 3. The number of rotatable bonds is 8. The van der Waals surface area contributed by atoms with Gasteiger partial charge in [-0.1, -0.05) is 73.5 Å². The summed E-state index contributed by atoms with van der Waals surface area (Å²) in [5, 5.41) is 2.95. The van der Waals surface area contributed by atoms with Gasteiger partial charge < -0.3 is 9.80 Å². The van der Waals surface area contributed by atoms with Gasteiger partial charge in [0.05, 0.1) is 33.8 Å². The van der Waals surface area contributed by atoms with Crippen LogP contribution in [0.3, 0.4) is 0 Å². The molecule has 1 aliphatic heterocycles. The number of pyridine rings is 1. The number of allylic oxidation sites excluding steroid dienone is 1. The number of amides is 1. The first-order valence-electron chi connectivity index (χ1n) is 16.9. The minimum atomic E-state index is -4.50. The number of halogens is 4. The summed E-state index contributed by atoms with van der Waals surface area (Å²) in [6.45, 7) is 8.76. The lowest BCUT2D eigenvalue weighted by Gasteiger charge is -2.37. The highest BCUT2D eigenvalue weighted by molar-refractivity contribution is 7.13. The molecular weight excluding hydrogens is 693 g/mol. The van der Waals surface area contributed by atoms with Crippen LogP contribution in [0.15, 0.2) is 88.5 Å². The molecule has 1 aliphatic rings. The van der Waals surface area contributed by atoms with Gasteiger partial charge in [0.15, 0.2) is 0 Å². The summed E-state index contributed by atoms with van der Waals surface area (Å²) in [5.41, 5.74) is 5.28. The number of piperazine rings is 1. The summed E-state index contributed by atoms with van der Waals surface area (Å²) in [6.07, 6.45) is -1.31. The Hall–Kier alpha value is -4.67. The topological polar surface area (TPSA) is 58.4 Å². The van der Waals surface area contributed by atoms with Crippen molar-refractivity contribution < 1.29 is 18.0 Å². The fraction of sp³-hybridized carbons (Fsp3) is 0.275. The van der Waals surface area contributed by atoms with E-state index in [0.717, 1.165) is 34.0 Å². The molecule has 0 bridgehead atoms. The average molecular weight is 731 g/mol. The molecule has 0 unspecified atom stereocenters. The second-order valence-corrected chi connectivity index (χ2v) is 14.0. The molecule has 6 nitrogen and oxygen atoms in total. The van der Waals surface area contributed by atoms with Crippen molar-refractivity contribution in [3.8, 4) is 27.5 Å². The molecule has 11 heteroatoms. The Labute approximate surface area is 304 Å². The van der Waals surface area contributed by atoms with Gasteiger partial charge in [0, 0.05) is 47.8 Å². The number of anilines is 1. The van der Waals surface area contributed by atoms with E-state index in [-0.39, 0.29) is 43.3 Å². The first-order chi connectivity index (χ1) is 24.4. The number of hydrogen-bond donors (Lipinski definition) is 0. The Morgan fingerprint density at radius 3 is 2.18 bits per heavy atom. The highest BCUT2D eigenvalue weighted by Crippen LogP contribution is 2.37. The molecule has 1 fully saturated rings. The standard InChI is InChI=1S/C40H38ClF3N4O2S/c1-5-26-10-9-11-27(6-2)36(26)48-35(22-25(3)4)30(23-31(39(48)50)37-45-33(24-51-37)28-14-16-29(41)17-15-28)38(49)47-20-18-46(19-21-47)34-13-8-7-12-32(34)40(42,43)44/h7-17,22-24H,5-6,18-21H2,1-4H3. The second kappa shape index (κ2) is 14.9. The fourth-order valence-corrected chi connectivity index (χ4v) is 7.52. The van der Waals surface area contributed by atoms with Crippen molar-refractivity contribution in [1.29, 1.82) is 0 Å². The first-order valence-corrected chi connectivity index (χ1v) is 18.1. The zero-order valence-corrected chi connectivity index (χ0v) is 30.4. The first kappa shape index (κ1) is 36.1. The van der Waals surface area contributed by atoms with Crippen LogP contribution in [0.1, 0.15) is 60.4 Å². The van der Waals surface area contributed by atoms with Crippen LogP contribution in [0.4, 0.5) is 18.9 Å². The number of para-hydroxylation sites is 2. The Morgan fingerprint density at radius 2 is 1.57 bits per heavy atom. The molecule has 0 saturated carbocycles. The molecule has 2 aromatic heterocycles. The van der Waals surface area contributed by atoms with E-state index in [0.29, 0.717) is 45.4 Å². The van der Waals surface area contributed by atoms with E-state index in [2.05, 4.69) is 0 Å². The van der Waals surface area contributed by atoms with Crippen LogP contribution < -0.4 is 10.5 Å². The summed E-state index contributed by atoms with van der Waals surface area (Å²) >= 11 is 7.44. The monoisotopic (exact) mass is 730 g/mol. The molecule has 0 N–H and O–H groups in total. The molecular formula is C40H38ClF3N4O2S. The van der Waals surface area contributed by atoms with Gasteiger partial charge in [0.1, 0.15) is 5.01 Å². The SMILES string of the molecule is CCc1cccc(CC)c1-n1c(C=C(C)C)c(C(=O)N2CCN(c3ccccc3C(F)(F)F)CC2)cc(-c2nc(-c3ccc(Cl)cc3)cs2)c1=O. The van der Waals surface area contributed by atoms with E-state index >= 15 is 0 Å². The molecule has 6 rings (SSSR count). The van der Waals surface area contributed by atoms with Gasteiger partial charge >= 0.3 is 6.18 Å². The van der Waals surface area contributed by atoms with Crippen LogP contribution in [0.5, 0.6) is 0 Å². The van der Waals surface area contributed by atoms with Gasteiger partial charge in [-0.25, -0.2) is 4.98 Å². The van der Waals surface area contributed by atoms with E-state index in [1.807, 2.05) is 69.5 Å². The largest absolute Gasteiger partial charge is 0.418 e. The third-order valence-corrected chi connectivity index (χ3v) is 10.2. The molecule has 3 aromatic carbocycles. The summed E-state index contributed by atoms with van der Waals surface area (Å²) in [7, 11) is 0. The number of nitrogens with zero attached hydrogens (tertiary/aromatic N) is 4. The molecule has 51 heavy (non-hydrogen) atoms. The summed E-state index contributed by atoms with van der Waals surface area (Å²) in [6, 6.07) is 20.4. The zero-order chi connectivity index (χ0) is 36.4. The summed E-state index contributed by atoms with van der Waals surface area (Å²) in [4.78, 5) is 37.7. The Morgan fingerprint density at radius 1 is 0.922 bits per heavy atom. The van der Waals surface area contributed by atoms with Gasteiger partial charge in [0.2, 0.25) is 0 Å². The quantitative estimate of drug-likeness (QED) is 0.160. The molecule has 5 aromatic rings. The van der Waals surface area contributed by atoms with Gasteiger partial charge in [-0.15, -0.1) is 11.3 Å². The van der Waals surface area contributed by atoms with Crippen molar-refractivity contribution in [2.24, 2.45) is 0 Å². The van der Waals surface area contributed by atoms with Crippen LogP contribution in [0.2, 0.25) is 5.02 Å². The number of aryl methyl sites for hydroxylation is 2. The number of carbonyl (C=O) groups excluding carboxylic acids is 1. The van der Waals surface area contributed by atoms with Gasteiger partial charge in [0.25, 0.3) is 11.5 Å². The lowest BCUT2D eigenvalue weighted by Crippen LogP contribution is -2.49. The van der Waals surface area contributed by atoms with Gasteiger partial charge in [-0.05, 0) is 74.2 Å². The van der Waals surface area contributed by atoms with E-state index in [1.165, 1.54) is 23.5 Å². The van der Waals surface area contributed by atoms with Crippen LogP contribution in [-0.4, -0.2) is 46.5 Å². The van der Waals surface area contributed by atoms with Crippen molar-refractivity contribution >= 4 is 40.6 Å². The number of aromatic nitrogens is 2. The Kier molecular flexibility index (Phi) is 10.6. The van der Waals surface area contributed by atoms with Crippen LogP contribution in [0, 0.1) is 0 Å². The minimum absolute atomic E-state index is 0.0988. The molecule has 264 valence electrons. The smallest absolute Gasteiger partial charge is 0.367 e.